The van der Waals surface area contributed by atoms with Crippen LogP contribution in [0.15, 0.2) is 72.8 Å². The second-order valence-corrected chi connectivity index (χ2v) is 12.5. The van der Waals surface area contributed by atoms with Crippen molar-refractivity contribution in [3.63, 3.8) is 0 Å². The first-order chi connectivity index (χ1) is 24.9. The average molecular weight is 716 g/mol. The Morgan fingerprint density at radius 2 is 1.31 bits per heavy atom. The van der Waals surface area contributed by atoms with Gasteiger partial charge in [0, 0.05) is 49.2 Å². The fourth-order valence-corrected chi connectivity index (χ4v) is 5.06. The molecule has 3 aromatic carbocycles. The molecule has 0 saturated heterocycles. The van der Waals surface area contributed by atoms with Gasteiger partial charge in [0.15, 0.2) is 11.9 Å². The molecule has 0 aliphatic rings. The predicted molar refractivity (Wildman–Crippen MR) is 196 cm³/mol. The minimum absolute atomic E-state index is 0.0292. The van der Waals surface area contributed by atoms with Gasteiger partial charge in [-0.25, -0.2) is 14.4 Å². The van der Waals surface area contributed by atoms with Crippen molar-refractivity contribution in [3.05, 3.63) is 101 Å². The molecule has 12 nitrogen and oxygen atoms in total. The number of esters is 2. The molecule has 0 aliphatic heterocycles. The summed E-state index contributed by atoms with van der Waals surface area (Å²) in [6, 6.07) is 21.2. The van der Waals surface area contributed by atoms with Crippen LogP contribution in [-0.2, 0) is 43.2 Å². The summed E-state index contributed by atoms with van der Waals surface area (Å²) in [6.07, 6.45) is 2.22. The van der Waals surface area contributed by atoms with E-state index in [1.54, 1.807) is 36.4 Å². The van der Waals surface area contributed by atoms with E-state index < -0.39 is 24.1 Å². The number of unbranched alkanes of at least 4 members (excludes halogenated alkanes) is 3. The topological polar surface area (TPSA) is 177 Å². The molecule has 0 aliphatic carbocycles. The molecule has 3 aromatic rings. The van der Waals surface area contributed by atoms with Crippen LogP contribution in [0.5, 0.6) is 0 Å². The second kappa shape index (κ2) is 21.8. The first kappa shape index (κ1) is 41.1. The number of ether oxygens (including phenoxy) is 2. The van der Waals surface area contributed by atoms with Gasteiger partial charge in [0.1, 0.15) is 11.9 Å². The van der Waals surface area contributed by atoms with Gasteiger partial charge in [0.05, 0.1) is 6.61 Å². The molecule has 0 aromatic heterocycles. The van der Waals surface area contributed by atoms with Crippen molar-refractivity contribution >= 4 is 41.1 Å². The van der Waals surface area contributed by atoms with E-state index in [4.69, 9.17) is 14.6 Å². The van der Waals surface area contributed by atoms with Gasteiger partial charge in [-0.15, -0.1) is 0 Å². The Balaban J connectivity index is 1.30. The highest BCUT2D eigenvalue weighted by Gasteiger charge is 2.21. The van der Waals surface area contributed by atoms with Gasteiger partial charge in [0.25, 0.3) is 5.91 Å². The van der Waals surface area contributed by atoms with Crippen LogP contribution < -0.4 is 16.0 Å². The Morgan fingerprint density at radius 3 is 1.96 bits per heavy atom. The number of benzene rings is 3. The third-order valence-electron chi connectivity index (χ3n) is 8.10. The maximum Gasteiger partial charge on any atom is 0.347 e. The van der Waals surface area contributed by atoms with Gasteiger partial charge in [-0.2, -0.15) is 0 Å². The molecule has 0 bridgehead atoms. The van der Waals surface area contributed by atoms with E-state index in [1.807, 2.05) is 43.3 Å². The number of rotatable bonds is 21. The van der Waals surface area contributed by atoms with E-state index >= 15 is 0 Å². The molecular weight excluding hydrogens is 666 g/mol. The molecule has 2 unspecified atom stereocenters. The summed E-state index contributed by atoms with van der Waals surface area (Å²) in [7, 11) is 0. The molecular formula is C40H49N3O9. The van der Waals surface area contributed by atoms with Crippen LogP contribution in [0.25, 0.3) is 0 Å². The second-order valence-electron chi connectivity index (χ2n) is 12.5. The number of Topliss-reactive ketones (excluding diaryl/α,β-unsaturated/α-hetero) is 2. The minimum Gasteiger partial charge on any atom is -0.463 e. The van der Waals surface area contributed by atoms with Crippen molar-refractivity contribution in [3.8, 4) is 0 Å². The highest BCUT2D eigenvalue weighted by atomic mass is 16.6. The number of ketones is 2. The zero-order valence-electron chi connectivity index (χ0n) is 30.1. The number of amides is 3. The number of carbonyl (C=O) groups is 6. The number of aliphatic hydroxyl groups excluding tert-OH is 1. The third kappa shape index (κ3) is 14.9. The van der Waals surface area contributed by atoms with Gasteiger partial charge in [0.2, 0.25) is 0 Å². The molecule has 0 fully saturated rings. The Kier molecular flexibility index (Phi) is 17.2. The standard InChI is InChI=1S/C40H49N3O9/c1-4-41-40(50)43-34-21-14-31(15-22-34)26-42-37(47)33-19-17-32(18-20-33)36(46)23-16-29-10-12-30(13-11-29)25-35(45)9-7-5-6-8-24-51-39(49)28(3)52-38(48)27(2)44/h10-15,17-22,27-28,44H,4-9,16,23-26H2,1-3H3,(H,42,47)(H2,41,43,50). The fraction of sp³-hybridized carbons (Fsp3) is 0.400. The Bertz CT molecular complexity index is 1640. The largest absolute Gasteiger partial charge is 0.463 e. The van der Waals surface area contributed by atoms with E-state index in [2.05, 4.69) is 16.0 Å². The van der Waals surface area contributed by atoms with Crippen molar-refractivity contribution in [1.82, 2.24) is 10.6 Å². The summed E-state index contributed by atoms with van der Waals surface area (Å²) in [4.78, 5) is 72.8. The van der Waals surface area contributed by atoms with Crippen LogP contribution in [0.4, 0.5) is 10.5 Å². The SMILES string of the molecule is CCNC(=O)Nc1ccc(CNC(=O)c2ccc(C(=O)CCc3ccc(CC(=O)CCCCCCOC(=O)C(C)OC(=O)C(C)O)cc3)cc2)cc1. The summed E-state index contributed by atoms with van der Waals surface area (Å²) in [5.74, 6) is -1.69. The van der Waals surface area contributed by atoms with Gasteiger partial charge in [-0.3, -0.25) is 14.4 Å². The van der Waals surface area contributed by atoms with Crippen molar-refractivity contribution in [2.75, 3.05) is 18.5 Å². The first-order valence-corrected chi connectivity index (χ1v) is 17.6. The van der Waals surface area contributed by atoms with E-state index in [0.29, 0.717) is 62.0 Å². The first-order valence-electron chi connectivity index (χ1n) is 17.6. The van der Waals surface area contributed by atoms with E-state index in [-0.39, 0.29) is 30.1 Å². The van der Waals surface area contributed by atoms with E-state index in [0.717, 1.165) is 36.0 Å². The molecule has 0 spiro atoms. The molecule has 278 valence electrons. The van der Waals surface area contributed by atoms with Crippen LogP contribution in [0, 0.1) is 0 Å². The molecule has 3 amide bonds. The summed E-state index contributed by atoms with van der Waals surface area (Å²) in [5, 5.41) is 17.4. The Labute approximate surface area is 304 Å². The van der Waals surface area contributed by atoms with Gasteiger partial charge >= 0.3 is 18.0 Å². The average Bonchev–Trinajstić information content (AvgIpc) is 3.13. The number of hydrogen-bond acceptors (Lipinski definition) is 9. The number of nitrogens with one attached hydrogen (secondary N) is 3. The number of hydrogen-bond donors (Lipinski definition) is 4. The Morgan fingerprint density at radius 1 is 0.692 bits per heavy atom. The smallest absolute Gasteiger partial charge is 0.347 e. The minimum atomic E-state index is -1.31. The highest BCUT2D eigenvalue weighted by molar-refractivity contribution is 5.99. The number of carbonyl (C=O) groups excluding carboxylic acids is 6. The van der Waals surface area contributed by atoms with Crippen LogP contribution in [0.2, 0.25) is 0 Å². The van der Waals surface area contributed by atoms with Crippen LogP contribution in [-0.4, -0.2) is 65.9 Å². The van der Waals surface area contributed by atoms with Crippen LogP contribution in [0.1, 0.15) is 96.7 Å². The van der Waals surface area contributed by atoms with Gasteiger partial charge in [-0.1, -0.05) is 61.4 Å². The van der Waals surface area contributed by atoms with Crippen LogP contribution >= 0.6 is 0 Å². The lowest BCUT2D eigenvalue weighted by Crippen LogP contribution is -2.30. The van der Waals surface area contributed by atoms with E-state index in [9.17, 15) is 28.8 Å². The molecule has 0 radical (unpaired) electrons. The number of aliphatic hydroxyl groups is 1. The van der Waals surface area contributed by atoms with Crippen molar-refractivity contribution in [1.29, 1.82) is 0 Å². The lowest BCUT2D eigenvalue weighted by molar-refractivity contribution is -0.171. The van der Waals surface area contributed by atoms with Gasteiger partial charge in [-0.05, 0) is 81.0 Å². The number of aryl methyl sites for hydroxylation is 1. The van der Waals surface area contributed by atoms with Crippen molar-refractivity contribution < 1.29 is 43.3 Å². The lowest BCUT2D eigenvalue weighted by atomic mass is 9.99. The Hall–Kier alpha value is -5.36. The number of anilines is 1. The fourth-order valence-electron chi connectivity index (χ4n) is 5.06. The molecule has 52 heavy (non-hydrogen) atoms. The third-order valence-corrected chi connectivity index (χ3v) is 8.10. The molecule has 4 N–H and O–H groups in total. The maximum atomic E-state index is 12.8. The maximum absolute atomic E-state index is 12.8. The van der Waals surface area contributed by atoms with E-state index in [1.165, 1.54) is 13.8 Å². The van der Waals surface area contributed by atoms with Crippen molar-refractivity contribution in [2.24, 2.45) is 0 Å². The van der Waals surface area contributed by atoms with Gasteiger partial charge < -0.3 is 30.5 Å². The lowest BCUT2D eigenvalue weighted by Gasteiger charge is -2.13. The monoisotopic (exact) mass is 715 g/mol. The zero-order valence-corrected chi connectivity index (χ0v) is 30.1. The molecule has 2 atom stereocenters. The molecule has 0 heterocycles. The number of urea groups is 1. The summed E-state index contributed by atoms with van der Waals surface area (Å²) in [6.45, 7) is 5.51. The quantitative estimate of drug-likeness (QED) is 0.0631. The molecule has 12 heteroatoms. The highest BCUT2D eigenvalue weighted by Crippen LogP contribution is 2.14. The molecule has 3 rings (SSSR count). The zero-order chi connectivity index (χ0) is 37.9. The summed E-state index contributed by atoms with van der Waals surface area (Å²) < 4.78 is 9.89. The van der Waals surface area contributed by atoms with Crippen LogP contribution in [0.3, 0.4) is 0 Å². The summed E-state index contributed by atoms with van der Waals surface area (Å²) in [5.41, 5.74) is 4.40. The predicted octanol–water partition coefficient (Wildman–Crippen LogP) is 5.49. The molecule has 0 saturated carbocycles. The normalized spacial score (nSPS) is 11.8. The summed E-state index contributed by atoms with van der Waals surface area (Å²) >= 11 is 0. The van der Waals surface area contributed by atoms with Crippen molar-refractivity contribution in [2.45, 2.75) is 90.9 Å².